The normalized spacial score (nSPS) is 14.1. The maximum atomic E-state index is 5.02. The molecule has 0 atom stereocenters. The number of para-hydroxylation sites is 1. The van der Waals surface area contributed by atoms with Crippen LogP contribution in [0.5, 0.6) is 0 Å². The maximum absolute atomic E-state index is 5.02. The molecular formula is C34H24N2. The maximum Gasteiger partial charge on any atom is 0.138 e. The number of hydrogen-bond donors (Lipinski definition) is 0. The first-order valence-corrected chi connectivity index (χ1v) is 12.6. The molecule has 2 nitrogen and oxygen atoms in total. The van der Waals surface area contributed by atoms with Crippen LogP contribution in [0.15, 0.2) is 109 Å². The van der Waals surface area contributed by atoms with Crippen molar-refractivity contribution in [2.45, 2.75) is 19.3 Å². The smallest absolute Gasteiger partial charge is 0.138 e. The van der Waals surface area contributed by atoms with E-state index in [1.165, 1.54) is 60.2 Å². The summed E-state index contributed by atoms with van der Waals surface area (Å²) in [5.74, 6) is 0.962. The average Bonchev–Trinajstić information content (AvgIpc) is 3.38. The molecule has 7 aromatic rings. The third-order valence-corrected chi connectivity index (χ3v) is 8.17. The van der Waals surface area contributed by atoms with Gasteiger partial charge in [-0.05, 0) is 50.5 Å². The average molecular weight is 461 g/mol. The lowest BCUT2D eigenvalue weighted by molar-refractivity contribution is 0.664. The molecule has 2 heterocycles. The second-order valence-corrected chi connectivity index (χ2v) is 10.4. The van der Waals surface area contributed by atoms with Gasteiger partial charge in [-0.25, -0.2) is 4.98 Å². The van der Waals surface area contributed by atoms with E-state index in [1.807, 2.05) is 6.20 Å². The van der Waals surface area contributed by atoms with Gasteiger partial charge in [-0.1, -0.05) is 105 Å². The molecule has 0 aliphatic heterocycles. The van der Waals surface area contributed by atoms with Crippen molar-refractivity contribution in [3.05, 3.63) is 120 Å². The predicted octanol–water partition coefficient (Wildman–Crippen LogP) is 8.79. The zero-order valence-corrected chi connectivity index (χ0v) is 20.3. The third kappa shape index (κ3) is 2.39. The summed E-state index contributed by atoms with van der Waals surface area (Å²) in [6, 6.07) is 37.4. The van der Waals surface area contributed by atoms with Crippen LogP contribution in [0, 0.1) is 0 Å². The fourth-order valence-corrected chi connectivity index (χ4v) is 6.62. The highest BCUT2D eigenvalue weighted by molar-refractivity contribution is 6.26. The van der Waals surface area contributed by atoms with Gasteiger partial charge in [-0.15, -0.1) is 0 Å². The van der Waals surface area contributed by atoms with Crippen LogP contribution in [-0.2, 0) is 5.41 Å². The zero-order chi connectivity index (χ0) is 24.0. The Hall–Kier alpha value is -4.43. The van der Waals surface area contributed by atoms with Crippen LogP contribution in [0.2, 0.25) is 0 Å². The van der Waals surface area contributed by atoms with E-state index in [9.17, 15) is 0 Å². The molecular weight excluding hydrogens is 436 g/mol. The molecule has 0 spiro atoms. The summed E-state index contributed by atoms with van der Waals surface area (Å²) >= 11 is 0. The SMILES string of the molecule is CC1(C)c2ccccc2-c2c1c1c(c3ccccc23)c2ccccc2n1-c1cc2ccccc2cn1. The summed E-state index contributed by atoms with van der Waals surface area (Å²) in [5.41, 5.74) is 7.82. The quantitative estimate of drug-likeness (QED) is 0.239. The predicted molar refractivity (Wildman–Crippen MR) is 151 cm³/mol. The minimum atomic E-state index is -0.142. The summed E-state index contributed by atoms with van der Waals surface area (Å²) in [4.78, 5) is 5.02. The summed E-state index contributed by atoms with van der Waals surface area (Å²) in [6.07, 6.45) is 2.01. The van der Waals surface area contributed by atoms with Gasteiger partial charge in [0.15, 0.2) is 0 Å². The molecule has 1 aliphatic carbocycles. The second kappa shape index (κ2) is 6.83. The molecule has 5 aromatic carbocycles. The molecule has 0 saturated carbocycles. The molecule has 0 fully saturated rings. The lowest BCUT2D eigenvalue weighted by Gasteiger charge is -2.24. The van der Waals surface area contributed by atoms with Gasteiger partial charge in [-0.3, -0.25) is 4.57 Å². The number of nitrogens with zero attached hydrogens (tertiary/aromatic N) is 2. The van der Waals surface area contributed by atoms with Crippen molar-refractivity contribution in [3.63, 3.8) is 0 Å². The van der Waals surface area contributed by atoms with E-state index in [0.717, 1.165) is 11.2 Å². The molecule has 8 rings (SSSR count). The molecule has 0 saturated heterocycles. The fourth-order valence-electron chi connectivity index (χ4n) is 6.62. The Kier molecular flexibility index (Phi) is 3.76. The van der Waals surface area contributed by atoms with Gasteiger partial charge in [0.05, 0.1) is 11.0 Å². The van der Waals surface area contributed by atoms with Crippen molar-refractivity contribution >= 4 is 43.4 Å². The van der Waals surface area contributed by atoms with Gasteiger partial charge < -0.3 is 0 Å². The molecule has 2 aromatic heterocycles. The largest absolute Gasteiger partial charge is 0.293 e. The van der Waals surface area contributed by atoms with Crippen LogP contribution in [0.25, 0.3) is 60.3 Å². The Morgan fingerprint density at radius 2 is 1.33 bits per heavy atom. The van der Waals surface area contributed by atoms with E-state index in [4.69, 9.17) is 4.98 Å². The topological polar surface area (TPSA) is 17.8 Å². The van der Waals surface area contributed by atoms with E-state index < -0.39 is 0 Å². The molecule has 2 heteroatoms. The number of fused-ring (bicyclic) bond motifs is 11. The van der Waals surface area contributed by atoms with E-state index in [0.29, 0.717) is 0 Å². The number of hydrogen-bond acceptors (Lipinski definition) is 1. The van der Waals surface area contributed by atoms with E-state index in [1.54, 1.807) is 0 Å². The number of benzene rings is 5. The molecule has 0 N–H and O–H groups in total. The Morgan fingerprint density at radius 3 is 2.19 bits per heavy atom. The first kappa shape index (κ1) is 19.8. The van der Waals surface area contributed by atoms with Crippen LogP contribution < -0.4 is 0 Å². The highest BCUT2D eigenvalue weighted by atomic mass is 15.1. The Labute approximate surface area is 209 Å². The number of pyridine rings is 1. The van der Waals surface area contributed by atoms with Crippen LogP contribution in [-0.4, -0.2) is 9.55 Å². The summed E-state index contributed by atoms with van der Waals surface area (Å²) < 4.78 is 2.41. The minimum Gasteiger partial charge on any atom is -0.293 e. The van der Waals surface area contributed by atoms with Gasteiger partial charge in [0.2, 0.25) is 0 Å². The van der Waals surface area contributed by atoms with Gasteiger partial charge in [-0.2, -0.15) is 0 Å². The fraction of sp³-hybridized carbons (Fsp3) is 0.0882. The van der Waals surface area contributed by atoms with Crippen molar-refractivity contribution in [2.24, 2.45) is 0 Å². The molecule has 36 heavy (non-hydrogen) atoms. The highest BCUT2D eigenvalue weighted by Crippen LogP contribution is 2.56. The zero-order valence-electron chi connectivity index (χ0n) is 20.3. The van der Waals surface area contributed by atoms with Crippen molar-refractivity contribution in [3.8, 4) is 16.9 Å². The first-order chi connectivity index (χ1) is 17.6. The van der Waals surface area contributed by atoms with Crippen molar-refractivity contribution in [2.75, 3.05) is 0 Å². The molecule has 170 valence electrons. The van der Waals surface area contributed by atoms with Crippen molar-refractivity contribution in [1.29, 1.82) is 0 Å². The standard InChI is InChI=1S/C34H24N2/c1-34(2)27-17-9-7-15-25(27)30-23-13-5-6-14-24(23)31-26-16-8-10-18-28(26)36(33(31)32(30)34)29-19-21-11-3-4-12-22(21)20-35-29/h3-20H,1-2H3. The second-order valence-electron chi connectivity index (χ2n) is 10.4. The van der Waals surface area contributed by atoms with E-state index >= 15 is 0 Å². The Balaban J connectivity index is 1.66. The number of aromatic nitrogens is 2. The van der Waals surface area contributed by atoms with Gasteiger partial charge in [0, 0.05) is 27.8 Å². The third-order valence-electron chi connectivity index (χ3n) is 8.17. The molecule has 0 unspecified atom stereocenters. The van der Waals surface area contributed by atoms with Gasteiger partial charge in [0.1, 0.15) is 5.82 Å². The Bertz CT molecular complexity index is 2020. The molecule has 0 amide bonds. The van der Waals surface area contributed by atoms with Crippen molar-refractivity contribution < 1.29 is 0 Å². The van der Waals surface area contributed by atoms with Crippen LogP contribution in [0.1, 0.15) is 25.0 Å². The first-order valence-electron chi connectivity index (χ1n) is 12.6. The monoisotopic (exact) mass is 460 g/mol. The molecule has 1 aliphatic rings. The van der Waals surface area contributed by atoms with E-state index in [2.05, 4.69) is 122 Å². The van der Waals surface area contributed by atoms with Crippen molar-refractivity contribution in [1.82, 2.24) is 9.55 Å². The molecule has 0 bridgehead atoms. The summed E-state index contributed by atoms with van der Waals surface area (Å²) in [6.45, 7) is 4.75. The van der Waals surface area contributed by atoms with Gasteiger partial charge in [0.25, 0.3) is 0 Å². The number of rotatable bonds is 1. The molecule has 0 radical (unpaired) electrons. The Morgan fingerprint density at radius 1 is 0.667 bits per heavy atom. The lowest BCUT2D eigenvalue weighted by atomic mass is 9.80. The van der Waals surface area contributed by atoms with E-state index in [-0.39, 0.29) is 5.41 Å². The summed E-state index contributed by atoms with van der Waals surface area (Å²) in [5, 5.41) is 7.57. The van der Waals surface area contributed by atoms with Gasteiger partial charge >= 0.3 is 0 Å². The van der Waals surface area contributed by atoms with Crippen LogP contribution >= 0.6 is 0 Å². The van der Waals surface area contributed by atoms with Crippen LogP contribution in [0.4, 0.5) is 0 Å². The minimum absolute atomic E-state index is 0.142. The summed E-state index contributed by atoms with van der Waals surface area (Å²) in [7, 11) is 0. The highest BCUT2D eigenvalue weighted by Gasteiger charge is 2.40. The van der Waals surface area contributed by atoms with Crippen LogP contribution in [0.3, 0.4) is 0 Å². The lowest BCUT2D eigenvalue weighted by Crippen LogP contribution is -2.16.